The summed E-state index contributed by atoms with van der Waals surface area (Å²) in [5, 5.41) is 15.5. The van der Waals surface area contributed by atoms with Gasteiger partial charge in [0.15, 0.2) is 0 Å². The Morgan fingerprint density at radius 3 is 2.80 bits per heavy atom. The summed E-state index contributed by atoms with van der Waals surface area (Å²) in [5.74, 6) is -0.424. The molecule has 1 atom stereocenters. The maximum atomic E-state index is 11.8. The quantitative estimate of drug-likeness (QED) is 0.643. The van der Waals surface area contributed by atoms with Gasteiger partial charge in [0.05, 0.1) is 10.7 Å². The van der Waals surface area contributed by atoms with Crippen LogP contribution in [-0.2, 0) is 4.79 Å². The molecule has 0 aromatic heterocycles. The van der Waals surface area contributed by atoms with E-state index in [1.165, 1.54) is 6.20 Å². The van der Waals surface area contributed by atoms with E-state index in [1.807, 2.05) is 19.9 Å². The van der Waals surface area contributed by atoms with Crippen LogP contribution in [0.1, 0.15) is 20.3 Å². The van der Waals surface area contributed by atoms with E-state index in [0.29, 0.717) is 15.7 Å². The van der Waals surface area contributed by atoms with Gasteiger partial charge in [-0.05, 0) is 31.5 Å². The highest BCUT2D eigenvalue weighted by Gasteiger charge is 2.11. The Balaban J connectivity index is 2.83. The third kappa shape index (κ3) is 4.76. The van der Waals surface area contributed by atoms with Gasteiger partial charge in [-0.1, -0.05) is 30.1 Å². The number of nitrogens with one attached hydrogen (secondary N) is 2. The Morgan fingerprint density at radius 2 is 2.20 bits per heavy atom. The predicted octanol–water partition coefficient (Wildman–Crippen LogP) is 3.73. The molecule has 0 fully saturated rings. The molecular formula is C14H15Cl2N3O. The summed E-state index contributed by atoms with van der Waals surface area (Å²) < 4.78 is 0. The van der Waals surface area contributed by atoms with Crippen molar-refractivity contribution in [1.82, 2.24) is 5.32 Å². The number of hydrogen-bond acceptors (Lipinski definition) is 3. The Labute approximate surface area is 128 Å². The van der Waals surface area contributed by atoms with Crippen LogP contribution in [0.5, 0.6) is 0 Å². The Morgan fingerprint density at radius 1 is 1.50 bits per heavy atom. The molecule has 0 aliphatic rings. The summed E-state index contributed by atoms with van der Waals surface area (Å²) in [5.41, 5.74) is 0.504. The van der Waals surface area contributed by atoms with Crippen LogP contribution in [0.2, 0.25) is 10.0 Å². The number of carbonyl (C=O) groups excluding carboxylic acids is 1. The Bertz CT molecular complexity index is 564. The van der Waals surface area contributed by atoms with Gasteiger partial charge < -0.3 is 10.6 Å². The number of carbonyl (C=O) groups is 1. The molecule has 0 heterocycles. The van der Waals surface area contributed by atoms with Crippen molar-refractivity contribution in [3.8, 4) is 6.07 Å². The first-order valence-electron chi connectivity index (χ1n) is 6.10. The molecule has 0 spiro atoms. The van der Waals surface area contributed by atoms with Crippen LogP contribution < -0.4 is 10.6 Å². The molecule has 0 saturated carbocycles. The lowest BCUT2D eigenvalue weighted by atomic mass is 10.2. The van der Waals surface area contributed by atoms with E-state index in [0.717, 1.165) is 6.42 Å². The number of hydrogen-bond donors (Lipinski definition) is 2. The second-order valence-corrected chi connectivity index (χ2v) is 5.06. The van der Waals surface area contributed by atoms with Gasteiger partial charge in [-0.2, -0.15) is 5.26 Å². The minimum Gasteiger partial charge on any atom is -0.359 e. The molecule has 1 unspecified atom stereocenters. The van der Waals surface area contributed by atoms with E-state index < -0.39 is 5.91 Å². The number of amides is 1. The van der Waals surface area contributed by atoms with Crippen molar-refractivity contribution in [3.05, 3.63) is 40.0 Å². The van der Waals surface area contributed by atoms with Gasteiger partial charge in [-0.3, -0.25) is 4.79 Å². The van der Waals surface area contributed by atoms with Crippen LogP contribution in [0.15, 0.2) is 30.0 Å². The zero-order valence-electron chi connectivity index (χ0n) is 11.2. The van der Waals surface area contributed by atoms with E-state index in [1.54, 1.807) is 18.2 Å². The van der Waals surface area contributed by atoms with Crippen molar-refractivity contribution in [2.45, 2.75) is 26.3 Å². The van der Waals surface area contributed by atoms with E-state index in [2.05, 4.69) is 10.6 Å². The monoisotopic (exact) mass is 311 g/mol. The van der Waals surface area contributed by atoms with Crippen molar-refractivity contribution < 1.29 is 4.79 Å². The summed E-state index contributed by atoms with van der Waals surface area (Å²) in [7, 11) is 0. The first-order valence-corrected chi connectivity index (χ1v) is 6.86. The lowest BCUT2D eigenvalue weighted by molar-refractivity contribution is -0.117. The fourth-order valence-corrected chi connectivity index (χ4v) is 1.65. The van der Waals surface area contributed by atoms with E-state index in [-0.39, 0.29) is 11.6 Å². The number of nitrogens with zero attached hydrogens (tertiary/aromatic N) is 1. The Hall–Kier alpha value is -1.70. The highest BCUT2D eigenvalue weighted by Crippen LogP contribution is 2.25. The molecule has 4 nitrogen and oxygen atoms in total. The van der Waals surface area contributed by atoms with Crippen molar-refractivity contribution in [1.29, 1.82) is 5.26 Å². The number of anilines is 1. The lowest BCUT2D eigenvalue weighted by Gasteiger charge is -2.11. The first-order chi connectivity index (χ1) is 9.47. The van der Waals surface area contributed by atoms with Crippen molar-refractivity contribution in [2.24, 2.45) is 0 Å². The highest BCUT2D eigenvalue weighted by atomic mass is 35.5. The number of benzene rings is 1. The van der Waals surface area contributed by atoms with Gasteiger partial charge in [0.25, 0.3) is 5.91 Å². The smallest absolute Gasteiger partial charge is 0.263 e. The van der Waals surface area contributed by atoms with Crippen LogP contribution in [0.25, 0.3) is 0 Å². The maximum Gasteiger partial charge on any atom is 0.263 e. The van der Waals surface area contributed by atoms with Crippen LogP contribution in [-0.4, -0.2) is 11.9 Å². The number of rotatable bonds is 5. The predicted molar refractivity (Wildman–Crippen MR) is 81.7 cm³/mol. The zero-order valence-corrected chi connectivity index (χ0v) is 12.7. The molecular weight excluding hydrogens is 297 g/mol. The van der Waals surface area contributed by atoms with Gasteiger partial charge >= 0.3 is 0 Å². The molecule has 1 amide bonds. The van der Waals surface area contributed by atoms with Gasteiger partial charge in [0.1, 0.15) is 11.6 Å². The fourth-order valence-electron chi connectivity index (χ4n) is 1.31. The normalized spacial score (nSPS) is 12.4. The van der Waals surface area contributed by atoms with Crippen LogP contribution in [0.3, 0.4) is 0 Å². The average molecular weight is 312 g/mol. The molecule has 1 aromatic carbocycles. The van der Waals surface area contributed by atoms with E-state index in [9.17, 15) is 4.79 Å². The Kier molecular flexibility index (Phi) is 6.37. The molecule has 6 heteroatoms. The molecule has 0 aliphatic heterocycles. The summed E-state index contributed by atoms with van der Waals surface area (Å²) in [6.07, 6.45) is 2.10. The summed E-state index contributed by atoms with van der Waals surface area (Å²) in [6, 6.07) is 6.75. The topological polar surface area (TPSA) is 64.9 Å². The first kappa shape index (κ1) is 16.4. The van der Waals surface area contributed by atoms with Crippen LogP contribution in [0, 0.1) is 11.3 Å². The van der Waals surface area contributed by atoms with Gasteiger partial charge in [0.2, 0.25) is 0 Å². The zero-order chi connectivity index (χ0) is 15.1. The molecule has 106 valence electrons. The van der Waals surface area contributed by atoms with E-state index >= 15 is 0 Å². The lowest BCUT2D eigenvalue weighted by Crippen LogP contribution is -2.33. The second-order valence-electron chi connectivity index (χ2n) is 4.22. The van der Waals surface area contributed by atoms with Gasteiger partial charge in [-0.25, -0.2) is 0 Å². The minimum atomic E-state index is -0.424. The number of halogens is 2. The van der Waals surface area contributed by atoms with Crippen LogP contribution in [0.4, 0.5) is 5.69 Å². The third-order valence-corrected chi connectivity index (χ3v) is 3.22. The second kappa shape index (κ2) is 7.78. The molecule has 0 radical (unpaired) electrons. The summed E-state index contributed by atoms with van der Waals surface area (Å²) in [6.45, 7) is 3.82. The summed E-state index contributed by atoms with van der Waals surface area (Å²) in [4.78, 5) is 11.8. The summed E-state index contributed by atoms with van der Waals surface area (Å²) >= 11 is 11.8. The number of nitriles is 1. The van der Waals surface area contributed by atoms with Crippen molar-refractivity contribution in [3.63, 3.8) is 0 Å². The SMILES string of the molecule is CCC(C)NC(=O)/C(C#N)=C\Nc1cc(Cl)ccc1Cl. The average Bonchev–Trinajstić information content (AvgIpc) is 2.42. The fraction of sp³-hybridized carbons (Fsp3) is 0.286. The molecule has 0 aliphatic carbocycles. The van der Waals surface area contributed by atoms with Crippen molar-refractivity contribution in [2.75, 3.05) is 5.32 Å². The molecule has 1 aromatic rings. The third-order valence-electron chi connectivity index (χ3n) is 2.66. The highest BCUT2D eigenvalue weighted by molar-refractivity contribution is 6.35. The molecule has 0 bridgehead atoms. The largest absolute Gasteiger partial charge is 0.359 e. The van der Waals surface area contributed by atoms with Crippen LogP contribution >= 0.6 is 23.2 Å². The molecule has 1 rings (SSSR count). The molecule has 2 N–H and O–H groups in total. The van der Waals surface area contributed by atoms with Crippen molar-refractivity contribution >= 4 is 34.8 Å². The van der Waals surface area contributed by atoms with Gasteiger partial charge in [0, 0.05) is 17.3 Å². The molecule has 20 heavy (non-hydrogen) atoms. The molecule has 0 saturated heterocycles. The maximum absolute atomic E-state index is 11.8. The van der Waals surface area contributed by atoms with Gasteiger partial charge in [-0.15, -0.1) is 0 Å². The minimum absolute atomic E-state index is 0.00834. The standard InChI is InChI=1S/C14H15Cl2N3O/c1-3-9(2)19-14(20)10(7-17)8-18-13-6-11(15)4-5-12(13)16/h4-6,8-9,18H,3H2,1-2H3,(H,19,20)/b10-8-. The van der Waals surface area contributed by atoms with E-state index in [4.69, 9.17) is 28.5 Å².